The van der Waals surface area contributed by atoms with Crippen LogP contribution in [0.15, 0.2) is 30.3 Å². The van der Waals surface area contributed by atoms with Crippen LogP contribution < -0.4 is 9.47 Å². The Kier molecular flexibility index (Phi) is 6.02. The maximum atomic E-state index is 12.9. The fraction of sp³-hybridized carbons (Fsp3) is 0.500. The maximum absolute atomic E-state index is 12.9. The van der Waals surface area contributed by atoms with E-state index in [1.54, 1.807) is 0 Å². The van der Waals surface area contributed by atoms with Gasteiger partial charge in [0.1, 0.15) is 17.1 Å². The molecule has 4 rings (SSSR count). The summed E-state index contributed by atoms with van der Waals surface area (Å²) >= 11 is 0. The number of hydrogen-bond donors (Lipinski definition) is 0. The highest BCUT2D eigenvalue weighted by Gasteiger charge is 2.44. The van der Waals surface area contributed by atoms with Gasteiger partial charge in [0.25, 0.3) is 5.91 Å². The lowest BCUT2D eigenvalue weighted by molar-refractivity contribution is -0.137. The van der Waals surface area contributed by atoms with Gasteiger partial charge in [-0.05, 0) is 55.0 Å². The zero-order valence-electron chi connectivity index (χ0n) is 20.7. The van der Waals surface area contributed by atoms with Crippen LogP contribution in [0.5, 0.6) is 11.5 Å². The molecule has 0 aromatic heterocycles. The summed E-state index contributed by atoms with van der Waals surface area (Å²) in [4.78, 5) is 27.6. The Morgan fingerprint density at radius 2 is 1.76 bits per heavy atom. The predicted molar refractivity (Wildman–Crippen MR) is 129 cm³/mol. The molecule has 1 fully saturated rings. The number of ketones is 1. The van der Waals surface area contributed by atoms with Gasteiger partial charge in [0.2, 0.25) is 0 Å². The number of benzene rings is 2. The molecule has 1 spiro atoms. The number of amides is 1. The molecule has 176 valence electrons. The van der Waals surface area contributed by atoms with E-state index in [0.29, 0.717) is 43.7 Å². The number of Topliss-reactive ketones (excluding diaryl/α,β-unsaturated/α-hetero) is 1. The molecule has 33 heavy (non-hydrogen) atoms. The molecule has 2 aliphatic heterocycles. The fourth-order valence-electron chi connectivity index (χ4n) is 4.97. The Labute approximate surface area is 197 Å². The highest BCUT2D eigenvalue weighted by molar-refractivity contribution is 6.01. The molecule has 2 aromatic rings. The molecule has 2 heterocycles. The van der Waals surface area contributed by atoms with E-state index in [1.165, 1.54) is 5.56 Å². The van der Waals surface area contributed by atoms with Gasteiger partial charge < -0.3 is 14.4 Å². The first-order chi connectivity index (χ1) is 15.5. The van der Waals surface area contributed by atoms with Crippen molar-refractivity contribution in [1.29, 1.82) is 0 Å². The molecular formula is C28H35NO4. The van der Waals surface area contributed by atoms with Crippen molar-refractivity contribution in [3.8, 4) is 11.5 Å². The summed E-state index contributed by atoms with van der Waals surface area (Å²) in [6.07, 6.45) is 1.67. The van der Waals surface area contributed by atoms with Crippen molar-refractivity contribution < 1.29 is 19.1 Å². The second-order valence-corrected chi connectivity index (χ2v) is 10.8. The summed E-state index contributed by atoms with van der Waals surface area (Å²) in [5.41, 5.74) is 4.45. The summed E-state index contributed by atoms with van der Waals surface area (Å²) in [5.74, 6) is 1.59. The first-order valence-corrected chi connectivity index (χ1v) is 11.8. The summed E-state index contributed by atoms with van der Waals surface area (Å²) in [6, 6.07) is 10.1. The van der Waals surface area contributed by atoms with E-state index in [-0.39, 0.29) is 23.7 Å². The zero-order valence-corrected chi connectivity index (χ0v) is 20.7. The first kappa shape index (κ1) is 23.3. The van der Waals surface area contributed by atoms with Gasteiger partial charge in [-0.25, -0.2) is 0 Å². The Morgan fingerprint density at radius 1 is 1.06 bits per heavy atom. The monoisotopic (exact) mass is 449 g/mol. The van der Waals surface area contributed by atoms with Gasteiger partial charge in [-0.15, -0.1) is 0 Å². The Morgan fingerprint density at radius 3 is 2.42 bits per heavy atom. The fourth-order valence-corrected chi connectivity index (χ4v) is 4.97. The van der Waals surface area contributed by atoms with Crippen molar-refractivity contribution in [2.75, 3.05) is 19.7 Å². The molecule has 5 nitrogen and oxygen atoms in total. The molecule has 0 aliphatic carbocycles. The third-order valence-corrected chi connectivity index (χ3v) is 6.84. The summed E-state index contributed by atoms with van der Waals surface area (Å²) in [7, 11) is 0. The predicted octanol–water partition coefficient (Wildman–Crippen LogP) is 5.31. The first-order valence-electron chi connectivity index (χ1n) is 11.8. The van der Waals surface area contributed by atoms with Gasteiger partial charge >= 0.3 is 0 Å². The van der Waals surface area contributed by atoms with Crippen LogP contribution in [-0.2, 0) is 10.2 Å². The number of ether oxygens (including phenoxy) is 2. The third-order valence-electron chi connectivity index (χ3n) is 6.84. The molecule has 2 aromatic carbocycles. The minimum atomic E-state index is -0.516. The van der Waals surface area contributed by atoms with E-state index in [1.807, 2.05) is 36.9 Å². The Bertz CT molecular complexity index is 1090. The number of carbonyl (C=O) groups excluding carboxylic acids is 2. The number of piperidine rings is 1. The quantitative estimate of drug-likeness (QED) is 0.637. The van der Waals surface area contributed by atoms with Crippen LogP contribution in [0, 0.1) is 20.8 Å². The number of hydrogen-bond acceptors (Lipinski definition) is 4. The van der Waals surface area contributed by atoms with Crippen molar-refractivity contribution in [2.45, 2.75) is 71.8 Å². The highest BCUT2D eigenvalue weighted by atomic mass is 16.5. The summed E-state index contributed by atoms with van der Waals surface area (Å²) in [6.45, 7) is 13.6. The molecule has 0 unspecified atom stereocenters. The van der Waals surface area contributed by atoms with E-state index < -0.39 is 5.60 Å². The van der Waals surface area contributed by atoms with Crippen molar-refractivity contribution in [2.24, 2.45) is 0 Å². The van der Waals surface area contributed by atoms with Crippen LogP contribution in [-0.4, -0.2) is 41.9 Å². The Balaban J connectivity index is 1.40. The van der Waals surface area contributed by atoms with Gasteiger partial charge in [-0.2, -0.15) is 0 Å². The molecule has 0 saturated carbocycles. The van der Waals surface area contributed by atoms with Crippen LogP contribution in [0.1, 0.15) is 72.6 Å². The lowest BCUT2D eigenvalue weighted by Gasteiger charge is -2.44. The number of rotatable bonds is 3. The van der Waals surface area contributed by atoms with E-state index in [9.17, 15) is 9.59 Å². The van der Waals surface area contributed by atoms with Crippen molar-refractivity contribution in [3.63, 3.8) is 0 Å². The highest BCUT2D eigenvalue weighted by Crippen LogP contribution is 2.41. The Hall–Kier alpha value is -2.82. The van der Waals surface area contributed by atoms with Crippen LogP contribution in [0.25, 0.3) is 0 Å². The van der Waals surface area contributed by atoms with Crippen molar-refractivity contribution in [3.05, 3.63) is 58.1 Å². The lowest BCUT2D eigenvalue weighted by atomic mass is 9.81. The smallest absolute Gasteiger partial charge is 0.260 e. The second kappa shape index (κ2) is 8.51. The van der Waals surface area contributed by atoms with Gasteiger partial charge in [0, 0.05) is 25.9 Å². The topological polar surface area (TPSA) is 55.8 Å². The van der Waals surface area contributed by atoms with Crippen LogP contribution >= 0.6 is 0 Å². The molecule has 0 N–H and O–H groups in total. The van der Waals surface area contributed by atoms with E-state index in [0.717, 1.165) is 22.4 Å². The van der Waals surface area contributed by atoms with Gasteiger partial charge in [0.05, 0.1) is 12.0 Å². The largest absolute Gasteiger partial charge is 0.486 e. The minimum Gasteiger partial charge on any atom is -0.486 e. The number of likely N-dealkylation sites (tertiary alicyclic amines) is 1. The zero-order chi connectivity index (χ0) is 24.0. The molecule has 1 saturated heterocycles. The van der Waals surface area contributed by atoms with Crippen LogP contribution in [0.2, 0.25) is 0 Å². The molecule has 0 bridgehead atoms. The van der Waals surface area contributed by atoms with Crippen molar-refractivity contribution in [1.82, 2.24) is 4.90 Å². The third kappa shape index (κ3) is 4.78. The van der Waals surface area contributed by atoms with Gasteiger partial charge in [-0.1, -0.05) is 44.5 Å². The molecule has 0 atom stereocenters. The maximum Gasteiger partial charge on any atom is 0.260 e. The second-order valence-electron chi connectivity index (χ2n) is 10.8. The summed E-state index contributed by atoms with van der Waals surface area (Å²) in [5, 5.41) is 0. The number of fused-ring (bicyclic) bond motifs is 1. The molecule has 5 heteroatoms. The van der Waals surface area contributed by atoms with Gasteiger partial charge in [0.15, 0.2) is 12.4 Å². The van der Waals surface area contributed by atoms with Crippen LogP contribution in [0.4, 0.5) is 0 Å². The summed E-state index contributed by atoms with van der Waals surface area (Å²) < 4.78 is 12.4. The standard InChI is InChI=1S/C28H35NO4/c1-18-7-8-24(22(15-18)27(4,5)6)32-17-25(31)29-11-9-28(10-12-29)16-23(30)21-14-19(2)13-20(3)26(21)33-28/h7-8,13-15H,9-12,16-17H2,1-6H3. The van der Waals surface area contributed by atoms with E-state index in [4.69, 9.17) is 9.47 Å². The number of nitrogens with zero attached hydrogens (tertiary/aromatic N) is 1. The average Bonchev–Trinajstić information content (AvgIpc) is 2.73. The molecule has 2 aliphatic rings. The molecular weight excluding hydrogens is 414 g/mol. The normalized spacial score (nSPS) is 17.5. The van der Waals surface area contributed by atoms with Crippen molar-refractivity contribution >= 4 is 11.7 Å². The number of carbonyl (C=O) groups is 2. The average molecular weight is 450 g/mol. The molecule has 0 radical (unpaired) electrons. The molecule has 1 amide bonds. The van der Waals surface area contributed by atoms with E-state index in [2.05, 4.69) is 39.8 Å². The van der Waals surface area contributed by atoms with Crippen LogP contribution in [0.3, 0.4) is 0 Å². The van der Waals surface area contributed by atoms with E-state index >= 15 is 0 Å². The minimum absolute atomic E-state index is 0.0140. The number of aryl methyl sites for hydroxylation is 3. The lowest BCUT2D eigenvalue weighted by Crippen LogP contribution is -2.53. The SMILES string of the molecule is Cc1cc(C)c2c(c1)C(=O)CC1(CCN(C(=O)COc3ccc(C)cc3C(C)(C)C)CC1)O2. The van der Waals surface area contributed by atoms with Gasteiger partial charge in [-0.3, -0.25) is 9.59 Å².